The Balaban J connectivity index is 1.36. The number of hydrogen-bond donors (Lipinski definition) is 1. The Hall–Kier alpha value is -3.92. The third-order valence-corrected chi connectivity index (χ3v) is 6.20. The van der Waals surface area contributed by atoms with Gasteiger partial charge in [0.1, 0.15) is 23.4 Å². The lowest BCUT2D eigenvalue weighted by Crippen LogP contribution is -2.07. The Morgan fingerprint density at radius 2 is 1.73 bits per heavy atom. The molecular weight excluding hydrogens is 428 g/mol. The second-order valence-electron chi connectivity index (χ2n) is 8.30. The number of carbonyl (C=O) groups is 1. The van der Waals surface area contributed by atoms with E-state index in [0.29, 0.717) is 41.9 Å². The molecule has 7 heteroatoms. The highest BCUT2D eigenvalue weighted by molar-refractivity contribution is 5.75. The summed E-state index contributed by atoms with van der Waals surface area (Å²) < 4.78 is 41.1. The number of carboxylic acids is 1. The van der Waals surface area contributed by atoms with Gasteiger partial charge in [0.15, 0.2) is 11.6 Å². The first-order valence-electron chi connectivity index (χ1n) is 10.6. The fraction of sp³-hybridized carbons (Fsp3) is 0.231. The number of nitrogens with zero attached hydrogens (tertiary/aromatic N) is 1. The minimum absolute atomic E-state index is 0.0195. The lowest BCUT2D eigenvalue weighted by molar-refractivity contribution is -0.138. The van der Waals surface area contributed by atoms with E-state index in [9.17, 15) is 13.6 Å². The molecule has 0 heterocycles. The van der Waals surface area contributed by atoms with Gasteiger partial charge in [-0.15, -0.1) is 0 Å². The van der Waals surface area contributed by atoms with Crippen LogP contribution < -0.4 is 9.47 Å². The number of halogens is 2. The first-order valence-corrected chi connectivity index (χ1v) is 10.6. The largest absolute Gasteiger partial charge is 0.486 e. The third-order valence-electron chi connectivity index (χ3n) is 6.20. The first-order chi connectivity index (χ1) is 15.9. The van der Waals surface area contributed by atoms with Gasteiger partial charge in [-0.1, -0.05) is 12.1 Å². The topological polar surface area (TPSA) is 79.5 Å². The van der Waals surface area contributed by atoms with Crippen molar-refractivity contribution >= 4 is 5.97 Å². The molecule has 3 aromatic carbocycles. The number of nitriles is 1. The quantitative estimate of drug-likeness (QED) is 0.510. The number of hydrogen-bond acceptors (Lipinski definition) is 4. The SMILES string of the molecule is N#Cc1ccc(Oc2c(F)cc(F)c3c2CCC3Oc2ccc(C3C[C@@H]3C(=O)O)cc2)cc1. The van der Waals surface area contributed by atoms with Gasteiger partial charge in [0, 0.05) is 17.2 Å². The summed E-state index contributed by atoms with van der Waals surface area (Å²) >= 11 is 0. The predicted octanol–water partition coefficient (Wildman–Crippen LogP) is 5.88. The standard InChI is InChI=1S/C26H19F2NO4/c27-21-12-22(28)25(33-17-5-1-14(13-29)2-6-17)18-9-10-23(24(18)21)32-16-7-3-15(4-8-16)19-11-20(19)26(30)31/h1-8,12,19-20,23H,9-11H2,(H,30,31)/t19?,20-,23?/m0/s1. The van der Waals surface area contributed by atoms with E-state index in [-0.39, 0.29) is 23.1 Å². The highest BCUT2D eigenvalue weighted by Gasteiger charge is 2.44. The average molecular weight is 447 g/mol. The van der Waals surface area contributed by atoms with E-state index >= 15 is 0 Å². The van der Waals surface area contributed by atoms with Gasteiger partial charge >= 0.3 is 5.97 Å². The Morgan fingerprint density at radius 3 is 2.36 bits per heavy atom. The lowest BCUT2D eigenvalue weighted by atomic mass is 10.1. The number of ether oxygens (including phenoxy) is 2. The number of aliphatic carboxylic acids is 1. The van der Waals surface area contributed by atoms with Crippen LogP contribution in [0.5, 0.6) is 17.2 Å². The van der Waals surface area contributed by atoms with Gasteiger partial charge in [-0.25, -0.2) is 8.78 Å². The van der Waals surface area contributed by atoms with Crippen molar-refractivity contribution in [1.82, 2.24) is 0 Å². The van der Waals surface area contributed by atoms with Gasteiger partial charge in [-0.05, 0) is 67.1 Å². The Kier molecular flexibility index (Phi) is 5.21. The minimum Gasteiger partial charge on any atom is -0.486 e. The molecule has 3 aromatic rings. The highest BCUT2D eigenvalue weighted by atomic mass is 19.1. The van der Waals surface area contributed by atoms with Crippen molar-refractivity contribution in [1.29, 1.82) is 5.26 Å². The van der Waals surface area contributed by atoms with Crippen molar-refractivity contribution in [2.75, 3.05) is 0 Å². The van der Waals surface area contributed by atoms with Crippen molar-refractivity contribution in [3.8, 4) is 23.3 Å². The molecule has 0 saturated heterocycles. The molecular formula is C26H19F2NO4. The van der Waals surface area contributed by atoms with Crippen LogP contribution in [0.2, 0.25) is 0 Å². The lowest BCUT2D eigenvalue weighted by Gasteiger charge is -2.17. The Labute approximate surface area is 188 Å². The van der Waals surface area contributed by atoms with Crippen LogP contribution in [-0.4, -0.2) is 11.1 Å². The Bertz CT molecular complexity index is 1270. The molecule has 0 amide bonds. The van der Waals surface area contributed by atoms with Crippen molar-refractivity contribution in [3.05, 3.63) is 88.5 Å². The summed E-state index contributed by atoms with van der Waals surface area (Å²) in [6, 6.07) is 16.2. The summed E-state index contributed by atoms with van der Waals surface area (Å²) in [6.07, 6.45) is 0.887. The average Bonchev–Trinajstić information content (AvgIpc) is 3.51. The van der Waals surface area contributed by atoms with Gasteiger partial charge < -0.3 is 14.6 Å². The molecule has 1 fully saturated rings. The van der Waals surface area contributed by atoms with Gasteiger partial charge in [-0.3, -0.25) is 4.79 Å². The first kappa shape index (κ1) is 21.0. The summed E-state index contributed by atoms with van der Waals surface area (Å²) in [4.78, 5) is 11.1. The second kappa shape index (κ2) is 8.21. The third kappa shape index (κ3) is 4.00. The van der Waals surface area contributed by atoms with Crippen LogP contribution in [0.3, 0.4) is 0 Å². The molecule has 33 heavy (non-hydrogen) atoms. The van der Waals surface area contributed by atoms with Crippen LogP contribution >= 0.6 is 0 Å². The maximum atomic E-state index is 14.8. The molecule has 3 atom stereocenters. The summed E-state index contributed by atoms with van der Waals surface area (Å²) in [5.74, 6) is -1.74. The van der Waals surface area contributed by atoms with Crippen molar-refractivity contribution < 1.29 is 28.2 Å². The molecule has 0 spiro atoms. The van der Waals surface area contributed by atoms with E-state index in [1.54, 1.807) is 36.4 Å². The summed E-state index contributed by atoms with van der Waals surface area (Å²) in [5, 5.41) is 18.0. The molecule has 0 aliphatic heterocycles. The zero-order valence-corrected chi connectivity index (χ0v) is 17.4. The number of benzene rings is 3. The molecule has 1 saturated carbocycles. The van der Waals surface area contributed by atoms with Crippen molar-refractivity contribution in [2.24, 2.45) is 5.92 Å². The molecule has 0 aromatic heterocycles. The zero-order valence-electron chi connectivity index (χ0n) is 17.4. The molecule has 166 valence electrons. The van der Waals surface area contributed by atoms with Crippen LogP contribution in [-0.2, 0) is 11.2 Å². The van der Waals surface area contributed by atoms with E-state index in [2.05, 4.69) is 0 Å². The maximum absolute atomic E-state index is 14.8. The number of carboxylic acid groups (broad SMARTS) is 1. The summed E-state index contributed by atoms with van der Waals surface area (Å²) in [6.45, 7) is 0. The molecule has 0 bridgehead atoms. The van der Waals surface area contributed by atoms with Crippen LogP contribution in [0.25, 0.3) is 0 Å². The van der Waals surface area contributed by atoms with E-state index < -0.39 is 23.7 Å². The van der Waals surface area contributed by atoms with Gasteiger partial charge in [-0.2, -0.15) is 5.26 Å². The molecule has 2 aliphatic carbocycles. The van der Waals surface area contributed by atoms with Crippen LogP contribution in [0.4, 0.5) is 8.78 Å². The fourth-order valence-electron chi connectivity index (χ4n) is 4.42. The number of fused-ring (bicyclic) bond motifs is 1. The van der Waals surface area contributed by atoms with E-state index in [1.807, 2.05) is 18.2 Å². The smallest absolute Gasteiger partial charge is 0.307 e. The summed E-state index contributed by atoms with van der Waals surface area (Å²) in [5.41, 5.74) is 2.10. The van der Waals surface area contributed by atoms with Gasteiger partial charge in [0.2, 0.25) is 0 Å². The van der Waals surface area contributed by atoms with Gasteiger partial charge in [0.05, 0.1) is 17.6 Å². The highest BCUT2D eigenvalue weighted by Crippen LogP contribution is 2.48. The molecule has 1 N–H and O–H groups in total. The van der Waals surface area contributed by atoms with Crippen LogP contribution in [0.1, 0.15) is 47.1 Å². The maximum Gasteiger partial charge on any atom is 0.307 e. The second-order valence-corrected chi connectivity index (χ2v) is 8.30. The summed E-state index contributed by atoms with van der Waals surface area (Å²) in [7, 11) is 0. The van der Waals surface area contributed by atoms with Crippen molar-refractivity contribution in [2.45, 2.75) is 31.3 Å². The minimum atomic E-state index is -0.793. The van der Waals surface area contributed by atoms with Crippen LogP contribution in [0, 0.1) is 28.9 Å². The normalized spacial score (nSPS) is 20.6. The predicted molar refractivity (Wildman–Crippen MR) is 114 cm³/mol. The molecule has 2 unspecified atom stereocenters. The molecule has 2 aliphatic rings. The van der Waals surface area contributed by atoms with E-state index in [0.717, 1.165) is 11.6 Å². The zero-order chi connectivity index (χ0) is 23.1. The van der Waals surface area contributed by atoms with E-state index in [4.69, 9.17) is 19.8 Å². The Morgan fingerprint density at radius 1 is 1.03 bits per heavy atom. The van der Waals surface area contributed by atoms with Crippen molar-refractivity contribution in [3.63, 3.8) is 0 Å². The molecule has 5 nitrogen and oxygen atoms in total. The molecule has 5 rings (SSSR count). The van der Waals surface area contributed by atoms with Crippen LogP contribution in [0.15, 0.2) is 54.6 Å². The van der Waals surface area contributed by atoms with E-state index in [1.165, 1.54) is 0 Å². The molecule has 0 radical (unpaired) electrons. The fourth-order valence-corrected chi connectivity index (χ4v) is 4.42. The number of rotatable bonds is 6. The van der Waals surface area contributed by atoms with Gasteiger partial charge in [0.25, 0.3) is 0 Å². The monoisotopic (exact) mass is 447 g/mol.